The van der Waals surface area contributed by atoms with Crippen LogP contribution >= 0.6 is 11.6 Å². The number of anilines is 1. The quantitative estimate of drug-likeness (QED) is 0.908. The number of carbonyl (C=O) groups is 2. The van der Waals surface area contributed by atoms with E-state index in [0.29, 0.717) is 16.3 Å². The first-order valence-electron chi connectivity index (χ1n) is 6.34. The summed E-state index contributed by atoms with van der Waals surface area (Å²) >= 11 is 5.79. The van der Waals surface area contributed by atoms with E-state index in [1.54, 1.807) is 37.3 Å². The predicted molar refractivity (Wildman–Crippen MR) is 81.9 cm³/mol. The third-order valence-electron chi connectivity index (χ3n) is 3.03. The van der Waals surface area contributed by atoms with Crippen LogP contribution < -0.4 is 5.32 Å². The third-order valence-corrected chi connectivity index (χ3v) is 3.28. The highest BCUT2D eigenvalue weighted by Crippen LogP contribution is 2.17. The maximum absolute atomic E-state index is 12.0. The fourth-order valence-electron chi connectivity index (χ4n) is 1.92. The van der Waals surface area contributed by atoms with Gasteiger partial charge in [-0.25, -0.2) is 4.79 Å². The predicted octanol–water partition coefficient (Wildman–Crippen LogP) is 3.53. The minimum atomic E-state index is -0.989. The first-order valence-corrected chi connectivity index (χ1v) is 6.72. The molecule has 21 heavy (non-hydrogen) atoms. The van der Waals surface area contributed by atoms with Crippen molar-refractivity contribution in [3.8, 4) is 0 Å². The van der Waals surface area contributed by atoms with Crippen molar-refractivity contribution in [1.82, 2.24) is 0 Å². The van der Waals surface area contributed by atoms with E-state index in [1.807, 2.05) is 0 Å². The Hall–Kier alpha value is -2.33. The van der Waals surface area contributed by atoms with Crippen LogP contribution in [0.2, 0.25) is 5.02 Å². The minimum Gasteiger partial charge on any atom is -0.478 e. The van der Waals surface area contributed by atoms with Gasteiger partial charge in [0, 0.05) is 10.7 Å². The highest BCUT2D eigenvalue weighted by molar-refractivity contribution is 6.30. The molecule has 0 aliphatic rings. The van der Waals surface area contributed by atoms with E-state index in [2.05, 4.69) is 5.32 Å². The Kier molecular flexibility index (Phi) is 4.60. The Morgan fingerprint density at radius 2 is 1.81 bits per heavy atom. The average Bonchev–Trinajstić information content (AvgIpc) is 2.43. The number of nitrogens with one attached hydrogen (secondary N) is 1. The van der Waals surface area contributed by atoms with Crippen molar-refractivity contribution in [2.75, 3.05) is 5.32 Å². The molecule has 0 fully saturated rings. The van der Waals surface area contributed by atoms with E-state index in [9.17, 15) is 9.59 Å². The summed E-state index contributed by atoms with van der Waals surface area (Å²) in [6.07, 6.45) is 0.233. The summed E-state index contributed by atoms with van der Waals surface area (Å²) in [7, 11) is 0. The number of hydrogen-bond acceptors (Lipinski definition) is 2. The molecule has 108 valence electrons. The van der Waals surface area contributed by atoms with E-state index >= 15 is 0 Å². The number of carboxylic acids is 1. The van der Waals surface area contributed by atoms with E-state index in [1.165, 1.54) is 12.1 Å². The molecule has 2 aromatic rings. The second-order valence-corrected chi connectivity index (χ2v) is 5.12. The van der Waals surface area contributed by atoms with Crippen LogP contribution in [0, 0.1) is 6.92 Å². The van der Waals surface area contributed by atoms with Gasteiger partial charge in [0.2, 0.25) is 5.91 Å². The summed E-state index contributed by atoms with van der Waals surface area (Å²) in [5.41, 5.74) is 2.37. The maximum atomic E-state index is 12.0. The van der Waals surface area contributed by atoms with E-state index in [4.69, 9.17) is 16.7 Å². The van der Waals surface area contributed by atoms with Gasteiger partial charge in [0.05, 0.1) is 12.0 Å². The molecule has 1 amide bonds. The van der Waals surface area contributed by atoms with Crippen molar-refractivity contribution >= 4 is 29.2 Å². The highest BCUT2D eigenvalue weighted by atomic mass is 35.5. The smallest absolute Gasteiger partial charge is 0.335 e. The fourth-order valence-corrected chi connectivity index (χ4v) is 2.04. The number of benzene rings is 2. The van der Waals surface area contributed by atoms with Gasteiger partial charge in [-0.05, 0) is 48.4 Å². The van der Waals surface area contributed by atoms with Gasteiger partial charge in [-0.3, -0.25) is 4.79 Å². The van der Waals surface area contributed by atoms with Gasteiger partial charge in [-0.2, -0.15) is 0 Å². The number of halogens is 1. The first-order chi connectivity index (χ1) is 9.95. The summed E-state index contributed by atoms with van der Waals surface area (Å²) in [6.45, 7) is 1.75. The number of aromatic carboxylic acids is 1. The average molecular weight is 304 g/mol. The Morgan fingerprint density at radius 1 is 1.14 bits per heavy atom. The molecule has 2 aromatic carbocycles. The Morgan fingerprint density at radius 3 is 2.38 bits per heavy atom. The third kappa shape index (κ3) is 4.07. The zero-order valence-corrected chi connectivity index (χ0v) is 12.1. The van der Waals surface area contributed by atoms with Crippen molar-refractivity contribution < 1.29 is 14.7 Å². The van der Waals surface area contributed by atoms with Gasteiger partial charge < -0.3 is 10.4 Å². The molecule has 0 bridgehead atoms. The van der Waals surface area contributed by atoms with Crippen molar-refractivity contribution in [2.45, 2.75) is 13.3 Å². The summed E-state index contributed by atoms with van der Waals surface area (Å²) in [4.78, 5) is 22.8. The number of hydrogen-bond donors (Lipinski definition) is 2. The molecule has 0 aliphatic heterocycles. The van der Waals surface area contributed by atoms with Gasteiger partial charge in [-0.15, -0.1) is 0 Å². The highest BCUT2D eigenvalue weighted by Gasteiger charge is 2.09. The summed E-state index contributed by atoms with van der Waals surface area (Å²) in [5, 5.41) is 12.3. The molecule has 0 radical (unpaired) electrons. The Bertz CT molecular complexity index is 680. The number of rotatable bonds is 4. The molecule has 0 saturated carbocycles. The Labute approximate surface area is 127 Å². The van der Waals surface area contributed by atoms with E-state index in [-0.39, 0.29) is 17.9 Å². The lowest BCUT2D eigenvalue weighted by Gasteiger charge is -2.09. The maximum Gasteiger partial charge on any atom is 0.335 e. The summed E-state index contributed by atoms with van der Waals surface area (Å²) in [5.74, 6) is -1.15. The standard InChI is InChI=1S/C16H14ClNO3/c1-10-8-12(16(20)21)4-7-14(10)18-15(19)9-11-2-5-13(17)6-3-11/h2-8H,9H2,1H3,(H,18,19)(H,20,21). The molecule has 5 heteroatoms. The normalized spacial score (nSPS) is 10.2. The molecule has 0 aromatic heterocycles. The van der Waals surface area contributed by atoms with Gasteiger partial charge in [0.1, 0.15) is 0 Å². The molecule has 2 N–H and O–H groups in total. The lowest BCUT2D eigenvalue weighted by atomic mass is 10.1. The van der Waals surface area contributed by atoms with Crippen LogP contribution in [0.3, 0.4) is 0 Å². The monoisotopic (exact) mass is 303 g/mol. The second kappa shape index (κ2) is 6.41. The van der Waals surface area contributed by atoms with E-state index < -0.39 is 5.97 Å². The van der Waals surface area contributed by atoms with Crippen molar-refractivity contribution in [1.29, 1.82) is 0 Å². The molecule has 0 unspecified atom stereocenters. The molecule has 0 aliphatic carbocycles. The van der Waals surface area contributed by atoms with Crippen LogP contribution in [0.4, 0.5) is 5.69 Å². The van der Waals surface area contributed by atoms with E-state index in [0.717, 1.165) is 5.56 Å². The van der Waals surface area contributed by atoms with Crippen LogP contribution in [0.25, 0.3) is 0 Å². The van der Waals surface area contributed by atoms with Crippen LogP contribution in [0.1, 0.15) is 21.5 Å². The number of carbonyl (C=O) groups excluding carboxylic acids is 1. The molecule has 0 atom stereocenters. The largest absolute Gasteiger partial charge is 0.478 e. The van der Waals surface area contributed by atoms with Crippen molar-refractivity contribution in [3.05, 3.63) is 64.2 Å². The number of carboxylic acid groups (broad SMARTS) is 1. The number of aryl methyl sites for hydroxylation is 1. The molecule has 2 rings (SSSR count). The van der Waals surface area contributed by atoms with Crippen molar-refractivity contribution in [3.63, 3.8) is 0 Å². The van der Waals surface area contributed by atoms with Gasteiger partial charge in [0.25, 0.3) is 0 Å². The SMILES string of the molecule is Cc1cc(C(=O)O)ccc1NC(=O)Cc1ccc(Cl)cc1. The minimum absolute atomic E-state index is 0.163. The zero-order chi connectivity index (χ0) is 15.4. The fraction of sp³-hybridized carbons (Fsp3) is 0.125. The molecule has 0 saturated heterocycles. The molecule has 4 nitrogen and oxygen atoms in total. The number of amides is 1. The van der Waals surface area contributed by atoms with Crippen molar-refractivity contribution in [2.24, 2.45) is 0 Å². The topological polar surface area (TPSA) is 66.4 Å². The van der Waals surface area contributed by atoms with Crippen LogP contribution in [0.15, 0.2) is 42.5 Å². The lowest BCUT2D eigenvalue weighted by Crippen LogP contribution is -2.15. The van der Waals surface area contributed by atoms with Gasteiger partial charge in [0.15, 0.2) is 0 Å². The molecule has 0 spiro atoms. The Balaban J connectivity index is 2.06. The van der Waals surface area contributed by atoms with Gasteiger partial charge in [-0.1, -0.05) is 23.7 Å². The second-order valence-electron chi connectivity index (χ2n) is 4.69. The molecular formula is C16H14ClNO3. The summed E-state index contributed by atoms with van der Waals surface area (Å²) in [6, 6.07) is 11.6. The van der Waals surface area contributed by atoms with Crippen LogP contribution in [0.5, 0.6) is 0 Å². The lowest BCUT2D eigenvalue weighted by molar-refractivity contribution is -0.115. The molecular weight excluding hydrogens is 290 g/mol. The van der Waals surface area contributed by atoms with Crippen LogP contribution in [-0.4, -0.2) is 17.0 Å². The molecule has 0 heterocycles. The zero-order valence-electron chi connectivity index (χ0n) is 11.4. The van der Waals surface area contributed by atoms with Crippen LogP contribution in [-0.2, 0) is 11.2 Å². The van der Waals surface area contributed by atoms with Gasteiger partial charge >= 0.3 is 5.97 Å². The summed E-state index contributed by atoms with van der Waals surface area (Å²) < 4.78 is 0. The first kappa shape index (κ1) is 15.1.